The topological polar surface area (TPSA) is 20.2 Å². The van der Waals surface area contributed by atoms with Crippen molar-refractivity contribution in [2.45, 2.75) is 38.7 Å². The van der Waals surface area contributed by atoms with Crippen molar-refractivity contribution in [3.63, 3.8) is 0 Å². The van der Waals surface area contributed by atoms with Gasteiger partial charge in [0.15, 0.2) is 0 Å². The third-order valence-electron chi connectivity index (χ3n) is 1.40. The quantitative estimate of drug-likeness (QED) is 0.687. The molecule has 1 atom stereocenters. The Labute approximate surface area is 71.3 Å². The van der Waals surface area contributed by atoms with Crippen LogP contribution in [0.15, 0.2) is 11.1 Å². The van der Waals surface area contributed by atoms with Gasteiger partial charge in [-0.25, -0.2) is 0 Å². The van der Waals surface area contributed by atoms with Crippen LogP contribution in [0.4, 0.5) is 0 Å². The van der Waals surface area contributed by atoms with Crippen LogP contribution in [0.3, 0.4) is 0 Å². The Balaban J connectivity index is 3.13. The predicted octanol–water partition coefficient (Wildman–Crippen LogP) is 2.84. The molecule has 0 heterocycles. The van der Waals surface area contributed by atoms with Crippen LogP contribution in [0.25, 0.3) is 0 Å². The maximum Gasteiger partial charge on any atom is 0.0728 e. The van der Waals surface area contributed by atoms with Crippen molar-refractivity contribution in [2.75, 3.05) is 0 Å². The maximum atomic E-state index is 9.16. The zero-order chi connectivity index (χ0) is 7.82. The monoisotopic (exact) mass is 206 g/mol. The fourth-order valence-corrected chi connectivity index (χ4v) is 1.14. The second-order valence-corrected chi connectivity index (χ2v) is 2.91. The lowest BCUT2D eigenvalue weighted by atomic mass is 10.1. The summed E-state index contributed by atoms with van der Waals surface area (Å²) in [5, 5.41) is 9.16. The first-order valence-electron chi connectivity index (χ1n) is 3.76. The van der Waals surface area contributed by atoms with Crippen LogP contribution in [-0.4, -0.2) is 11.2 Å². The number of halogens is 1. The molecule has 0 aliphatic rings. The molecule has 0 fully saturated rings. The number of aliphatic hydroxyl groups is 1. The average molecular weight is 207 g/mol. The fraction of sp³-hybridized carbons (Fsp3) is 0.750. The summed E-state index contributed by atoms with van der Waals surface area (Å²) in [6.07, 6.45) is 5.93. The van der Waals surface area contributed by atoms with Crippen LogP contribution >= 0.6 is 15.9 Å². The summed E-state index contributed by atoms with van der Waals surface area (Å²) in [5.74, 6) is 0. The Morgan fingerprint density at radius 3 is 2.70 bits per heavy atom. The van der Waals surface area contributed by atoms with Gasteiger partial charge in [0.05, 0.1) is 6.10 Å². The lowest BCUT2D eigenvalue weighted by Gasteiger charge is -2.02. The van der Waals surface area contributed by atoms with Gasteiger partial charge in [0.2, 0.25) is 0 Å². The van der Waals surface area contributed by atoms with E-state index in [4.69, 9.17) is 5.11 Å². The van der Waals surface area contributed by atoms with Gasteiger partial charge in [-0.2, -0.15) is 0 Å². The highest BCUT2D eigenvalue weighted by molar-refractivity contribution is 9.11. The SMILES string of the molecule is CCCCC[C@@H](O)/C=C\Br. The zero-order valence-corrected chi connectivity index (χ0v) is 7.97. The molecule has 10 heavy (non-hydrogen) atoms. The number of hydrogen-bond donors (Lipinski definition) is 1. The summed E-state index contributed by atoms with van der Waals surface area (Å²) in [6, 6.07) is 0. The maximum absolute atomic E-state index is 9.16. The molecule has 0 rings (SSSR count). The first-order chi connectivity index (χ1) is 4.81. The van der Waals surface area contributed by atoms with Crippen LogP contribution in [0.1, 0.15) is 32.6 Å². The molecule has 0 saturated heterocycles. The smallest absolute Gasteiger partial charge is 0.0728 e. The summed E-state index contributed by atoms with van der Waals surface area (Å²) in [5.41, 5.74) is 0. The fourth-order valence-electron chi connectivity index (χ4n) is 0.784. The minimum Gasteiger partial charge on any atom is -0.389 e. The Morgan fingerprint density at radius 2 is 2.20 bits per heavy atom. The Bertz CT molecular complexity index is 91.3. The summed E-state index contributed by atoms with van der Waals surface area (Å²) in [4.78, 5) is 1.71. The summed E-state index contributed by atoms with van der Waals surface area (Å²) >= 11 is 3.12. The Kier molecular flexibility index (Phi) is 7.42. The lowest BCUT2D eigenvalue weighted by molar-refractivity contribution is 0.208. The van der Waals surface area contributed by atoms with Crippen LogP contribution < -0.4 is 0 Å². The Morgan fingerprint density at radius 1 is 1.50 bits per heavy atom. The van der Waals surface area contributed by atoms with Gasteiger partial charge in [-0.15, -0.1) is 0 Å². The van der Waals surface area contributed by atoms with Crippen molar-refractivity contribution in [1.82, 2.24) is 0 Å². The molecule has 0 aliphatic carbocycles. The predicted molar refractivity (Wildman–Crippen MR) is 48.2 cm³/mol. The lowest BCUT2D eigenvalue weighted by Crippen LogP contribution is -2.00. The summed E-state index contributed by atoms with van der Waals surface area (Å²) in [7, 11) is 0. The highest BCUT2D eigenvalue weighted by atomic mass is 79.9. The zero-order valence-electron chi connectivity index (χ0n) is 6.39. The van der Waals surface area contributed by atoms with Crippen LogP contribution in [0.5, 0.6) is 0 Å². The van der Waals surface area contributed by atoms with Gasteiger partial charge >= 0.3 is 0 Å². The average Bonchev–Trinajstić information content (AvgIpc) is 1.89. The van der Waals surface area contributed by atoms with Crippen LogP contribution in [0, 0.1) is 0 Å². The van der Waals surface area contributed by atoms with E-state index in [0.717, 1.165) is 12.8 Å². The molecule has 2 heteroatoms. The third-order valence-corrected chi connectivity index (χ3v) is 1.70. The van der Waals surface area contributed by atoms with E-state index in [1.165, 1.54) is 12.8 Å². The second-order valence-electron chi connectivity index (χ2n) is 2.38. The molecule has 0 aromatic rings. The standard InChI is InChI=1S/C8H15BrO/c1-2-3-4-5-8(10)6-7-9/h6-8,10H,2-5H2,1H3/b7-6-/t8-/m1/s1. The van der Waals surface area contributed by atoms with Gasteiger partial charge < -0.3 is 5.11 Å². The van der Waals surface area contributed by atoms with E-state index in [2.05, 4.69) is 22.9 Å². The van der Waals surface area contributed by atoms with Crippen molar-refractivity contribution in [3.05, 3.63) is 11.1 Å². The number of rotatable bonds is 5. The molecule has 60 valence electrons. The van der Waals surface area contributed by atoms with E-state index in [1.54, 1.807) is 11.1 Å². The molecule has 0 aromatic carbocycles. The van der Waals surface area contributed by atoms with Gasteiger partial charge in [-0.05, 0) is 17.5 Å². The first-order valence-corrected chi connectivity index (χ1v) is 4.67. The van der Waals surface area contributed by atoms with Crippen molar-refractivity contribution >= 4 is 15.9 Å². The van der Waals surface area contributed by atoms with Gasteiger partial charge in [-0.3, -0.25) is 0 Å². The minimum atomic E-state index is -0.258. The molecule has 0 aliphatic heterocycles. The molecule has 0 amide bonds. The highest BCUT2D eigenvalue weighted by Gasteiger charge is 1.96. The number of hydrogen-bond acceptors (Lipinski definition) is 1. The third kappa shape index (κ3) is 6.30. The first kappa shape index (κ1) is 10.2. The number of aliphatic hydroxyl groups excluding tert-OH is 1. The van der Waals surface area contributed by atoms with Crippen molar-refractivity contribution in [2.24, 2.45) is 0 Å². The molecule has 0 saturated carbocycles. The van der Waals surface area contributed by atoms with E-state index < -0.39 is 0 Å². The van der Waals surface area contributed by atoms with E-state index >= 15 is 0 Å². The van der Waals surface area contributed by atoms with Crippen molar-refractivity contribution in [1.29, 1.82) is 0 Å². The van der Waals surface area contributed by atoms with E-state index in [1.807, 2.05) is 0 Å². The van der Waals surface area contributed by atoms with E-state index in [9.17, 15) is 0 Å². The van der Waals surface area contributed by atoms with Gasteiger partial charge in [0.1, 0.15) is 0 Å². The van der Waals surface area contributed by atoms with Crippen LogP contribution in [0.2, 0.25) is 0 Å². The van der Waals surface area contributed by atoms with Crippen LogP contribution in [-0.2, 0) is 0 Å². The van der Waals surface area contributed by atoms with Gasteiger partial charge in [0, 0.05) is 0 Å². The highest BCUT2D eigenvalue weighted by Crippen LogP contribution is 2.04. The summed E-state index contributed by atoms with van der Waals surface area (Å²) in [6.45, 7) is 2.16. The van der Waals surface area contributed by atoms with Gasteiger partial charge in [-0.1, -0.05) is 42.1 Å². The van der Waals surface area contributed by atoms with Crippen molar-refractivity contribution < 1.29 is 5.11 Å². The Hall–Kier alpha value is 0.180. The molecule has 0 radical (unpaired) electrons. The molecule has 0 aromatic heterocycles. The molecule has 0 spiro atoms. The largest absolute Gasteiger partial charge is 0.389 e. The van der Waals surface area contributed by atoms with E-state index in [0.29, 0.717) is 0 Å². The second kappa shape index (κ2) is 7.29. The van der Waals surface area contributed by atoms with E-state index in [-0.39, 0.29) is 6.10 Å². The molecular formula is C8H15BrO. The number of unbranched alkanes of at least 4 members (excludes halogenated alkanes) is 2. The van der Waals surface area contributed by atoms with Gasteiger partial charge in [0.25, 0.3) is 0 Å². The minimum absolute atomic E-state index is 0.258. The normalized spacial score (nSPS) is 14.3. The molecule has 0 bridgehead atoms. The molecule has 1 N–H and O–H groups in total. The molecule has 1 nitrogen and oxygen atoms in total. The molecule has 0 unspecified atom stereocenters. The summed E-state index contributed by atoms with van der Waals surface area (Å²) < 4.78 is 0. The molecular weight excluding hydrogens is 192 g/mol. The van der Waals surface area contributed by atoms with Crippen molar-refractivity contribution in [3.8, 4) is 0 Å².